The Labute approximate surface area is 151 Å². The van der Waals surface area contributed by atoms with Crippen molar-refractivity contribution in [3.63, 3.8) is 0 Å². The number of hydrogen-bond acceptors (Lipinski definition) is 3. The third-order valence-electron chi connectivity index (χ3n) is 4.66. The van der Waals surface area contributed by atoms with Crippen LogP contribution in [0.4, 0.5) is 0 Å². The summed E-state index contributed by atoms with van der Waals surface area (Å²) in [5, 5.41) is 3.04. The summed E-state index contributed by atoms with van der Waals surface area (Å²) in [6.45, 7) is 5.58. The maximum absolute atomic E-state index is 12.5. The van der Waals surface area contributed by atoms with Crippen LogP contribution in [0.1, 0.15) is 38.7 Å². The highest BCUT2D eigenvalue weighted by atomic mass is 32.2. The van der Waals surface area contributed by atoms with E-state index in [0.29, 0.717) is 45.4 Å². The number of amides is 1. The molecule has 1 aromatic rings. The van der Waals surface area contributed by atoms with Gasteiger partial charge in [0.1, 0.15) is 0 Å². The van der Waals surface area contributed by atoms with Gasteiger partial charge in [-0.05, 0) is 24.8 Å². The van der Waals surface area contributed by atoms with Crippen molar-refractivity contribution < 1.29 is 13.2 Å². The van der Waals surface area contributed by atoms with Crippen LogP contribution in [0.2, 0.25) is 0 Å². The van der Waals surface area contributed by atoms with Crippen LogP contribution in [0, 0.1) is 0 Å². The topological polar surface area (TPSA) is 69.7 Å². The van der Waals surface area contributed by atoms with E-state index in [0.717, 1.165) is 12.0 Å². The van der Waals surface area contributed by atoms with Gasteiger partial charge in [0, 0.05) is 38.6 Å². The summed E-state index contributed by atoms with van der Waals surface area (Å²) in [4.78, 5) is 12.1. The molecule has 25 heavy (non-hydrogen) atoms. The van der Waals surface area contributed by atoms with Gasteiger partial charge in [-0.15, -0.1) is 0 Å². The van der Waals surface area contributed by atoms with Crippen molar-refractivity contribution in [1.29, 1.82) is 0 Å². The molecule has 1 aliphatic rings. The second-order valence-electron chi connectivity index (χ2n) is 6.32. The molecule has 1 aliphatic heterocycles. The Morgan fingerprint density at radius 3 is 2.32 bits per heavy atom. The van der Waals surface area contributed by atoms with E-state index in [9.17, 15) is 13.2 Å². The van der Waals surface area contributed by atoms with E-state index >= 15 is 0 Å². The molecule has 0 spiro atoms. The normalized spacial score (nSPS) is 16.9. The van der Waals surface area contributed by atoms with Gasteiger partial charge in [0.2, 0.25) is 5.91 Å². The van der Waals surface area contributed by atoms with E-state index in [4.69, 9.17) is 0 Å². The molecular weight excluding hydrogens is 338 g/mol. The Morgan fingerprint density at radius 2 is 1.76 bits per heavy atom. The zero-order valence-electron chi connectivity index (χ0n) is 15.1. The van der Waals surface area contributed by atoms with Crippen LogP contribution in [-0.2, 0) is 21.4 Å². The summed E-state index contributed by atoms with van der Waals surface area (Å²) in [6, 6.07) is 10.0. The van der Waals surface area contributed by atoms with Gasteiger partial charge in [0.05, 0.1) is 0 Å². The standard InChI is InChI=1S/C18H29N3O3S/c1-3-20(4-2)25(23,24)21-14-12-17(13-15-21)19-18(22)11-10-16-8-6-5-7-9-16/h5-9,17H,3-4,10-15H2,1-2H3,(H,19,22). The quantitative estimate of drug-likeness (QED) is 0.761. The minimum atomic E-state index is -3.37. The number of piperidine rings is 1. The number of hydrogen-bond donors (Lipinski definition) is 1. The largest absolute Gasteiger partial charge is 0.353 e. The molecule has 1 heterocycles. The summed E-state index contributed by atoms with van der Waals surface area (Å²) in [5.41, 5.74) is 1.15. The number of aryl methyl sites for hydroxylation is 1. The van der Waals surface area contributed by atoms with Gasteiger partial charge >= 0.3 is 0 Å². The van der Waals surface area contributed by atoms with Crippen molar-refractivity contribution in [2.75, 3.05) is 26.2 Å². The first-order valence-corrected chi connectivity index (χ1v) is 10.5. The monoisotopic (exact) mass is 367 g/mol. The highest BCUT2D eigenvalue weighted by Gasteiger charge is 2.31. The average Bonchev–Trinajstić information content (AvgIpc) is 2.62. The Morgan fingerprint density at radius 1 is 1.16 bits per heavy atom. The lowest BCUT2D eigenvalue weighted by atomic mass is 10.1. The lowest BCUT2D eigenvalue weighted by Gasteiger charge is -2.34. The Balaban J connectivity index is 1.77. The first kappa shape index (κ1) is 19.9. The molecule has 0 aromatic heterocycles. The van der Waals surface area contributed by atoms with Crippen LogP contribution in [-0.4, -0.2) is 55.2 Å². The molecule has 1 N–H and O–H groups in total. The van der Waals surface area contributed by atoms with E-state index in [-0.39, 0.29) is 11.9 Å². The zero-order valence-corrected chi connectivity index (χ0v) is 16.0. The van der Waals surface area contributed by atoms with Gasteiger partial charge in [-0.2, -0.15) is 17.0 Å². The number of nitrogens with zero attached hydrogens (tertiary/aromatic N) is 2. The molecule has 0 saturated carbocycles. The number of carbonyl (C=O) groups is 1. The summed E-state index contributed by atoms with van der Waals surface area (Å²) in [5.74, 6) is 0.0360. The van der Waals surface area contributed by atoms with Gasteiger partial charge < -0.3 is 5.32 Å². The predicted molar refractivity (Wildman–Crippen MR) is 99.3 cm³/mol. The fourth-order valence-corrected chi connectivity index (χ4v) is 4.80. The van der Waals surface area contributed by atoms with Crippen molar-refractivity contribution in [3.8, 4) is 0 Å². The lowest BCUT2D eigenvalue weighted by Crippen LogP contribution is -2.50. The molecule has 0 unspecified atom stereocenters. The molecule has 1 aromatic carbocycles. The first-order valence-electron chi connectivity index (χ1n) is 9.05. The molecule has 1 amide bonds. The van der Waals surface area contributed by atoms with Crippen LogP contribution in [0.15, 0.2) is 30.3 Å². The SMILES string of the molecule is CCN(CC)S(=O)(=O)N1CCC(NC(=O)CCc2ccccc2)CC1. The number of nitrogens with one attached hydrogen (secondary N) is 1. The van der Waals surface area contributed by atoms with E-state index in [1.165, 1.54) is 8.61 Å². The maximum Gasteiger partial charge on any atom is 0.281 e. The van der Waals surface area contributed by atoms with Crippen LogP contribution in [0.3, 0.4) is 0 Å². The van der Waals surface area contributed by atoms with Gasteiger partial charge in [0.15, 0.2) is 0 Å². The van der Waals surface area contributed by atoms with Crippen molar-refractivity contribution in [2.45, 2.75) is 45.6 Å². The Bertz CT molecular complexity index is 637. The highest BCUT2D eigenvalue weighted by molar-refractivity contribution is 7.86. The lowest BCUT2D eigenvalue weighted by molar-refractivity contribution is -0.122. The van der Waals surface area contributed by atoms with E-state index in [1.54, 1.807) is 0 Å². The number of rotatable bonds is 8. The number of carbonyl (C=O) groups excluding carboxylic acids is 1. The van der Waals surface area contributed by atoms with Crippen LogP contribution in [0.25, 0.3) is 0 Å². The van der Waals surface area contributed by atoms with E-state index in [2.05, 4.69) is 5.32 Å². The molecule has 6 nitrogen and oxygen atoms in total. The smallest absolute Gasteiger partial charge is 0.281 e. The Hall–Kier alpha value is -1.44. The molecule has 140 valence electrons. The van der Waals surface area contributed by atoms with Crippen LogP contribution >= 0.6 is 0 Å². The van der Waals surface area contributed by atoms with E-state index < -0.39 is 10.2 Å². The summed E-state index contributed by atoms with van der Waals surface area (Å²) < 4.78 is 28.0. The molecule has 1 saturated heterocycles. The molecule has 7 heteroatoms. The van der Waals surface area contributed by atoms with Crippen molar-refractivity contribution >= 4 is 16.1 Å². The van der Waals surface area contributed by atoms with Crippen LogP contribution < -0.4 is 5.32 Å². The molecular formula is C18H29N3O3S. The third-order valence-corrected chi connectivity index (χ3v) is 6.85. The average molecular weight is 368 g/mol. The Kier molecular flexibility index (Phi) is 7.40. The molecule has 1 fully saturated rings. The fourth-order valence-electron chi connectivity index (χ4n) is 3.15. The van der Waals surface area contributed by atoms with Gasteiger partial charge in [-0.1, -0.05) is 44.2 Å². The minimum absolute atomic E-state index is 0.0360. The van der Waals surface area contributed by atoms with Crippen molar-refractivity contribution in [1.82, 2.24) is 13.9 Å². The van der Waals surface area contributed by atoms with Crippen LogP contribution in [0.5, 0.6) is 0 Å². The summed E-state index contributed by atoms with van der Waals surface area (Å²) in [6.07, 6.45) is 2.51. The number of benzene rings is 1. The molecule has 0 aliphatic carbocycles. The zero-order chi connectivity index (χ0) is 18.3. The van der Waals surface area contributed by atoms with Crippen molar-refractivity contribution in [3.05, 3.63) is 35.9 Å². The van der Waals surface area contributed by atoms with Gasteiger partial charge in [-0.3, -0.25) is 4.79 Å². The molecule has 0 bridgehead atoms. The highest BCUT2D eigenvalue weighted by Crippen LogP contribution is 2.17. The third kappa shape index (κ3) is 5.52. The molecule has 2 rings (SSSR count). The van der Waals surface area contributed by atoms with Gasteiger partial charge in [0.25, 0.3) is 10.2 Å². The second-order valence-corrected chi connectivity index (χ2v) is 8.25. The molecule has 0 atom stereocenters. The fraction of sp³-hybridized carbons (Fsp3) is 0.611. The molecule has 0 radical (unpaired) electrons. The van der Waals surface area contributed by atoms with E-state index in [1.807, 2.05) is 44.2 Å². The first-order chi connectivity index (χ1) is 12.0. The maximum atomic E-state index is 12.5. The summed E-state index contributed by atoms with van der Waals surface area (Å²) >= 11 is 0. The van der Waals surface area contributed by atoms with Crippen molar-refractivity contribution in [2.24, 2.45) is 0 Å². The van der Waals surface area contributed by atoms with Gasteiger partial charge in [-0.25, -0.2) is 0 Å². The predicted octanol–water partition coefficient (Wildman–Crippen LogP) is 1.79. The summed E-state index contributed by atoms with van der Waals surface area (Å²) in [7, 11) is -3.37. The minimum Gasteiger partial charge on any atom is -0.353 e. The second kappa shape index (κ2) is 9.31.